The average molecular weight is 155 g/mol. The maximum Gasteiger partial charge on any atom is 0.241 e. The van der Waals surface area contributed by atoms with E-state index in [1.54, 1.807) is 0 Å². The molecule has 0 unspecified atom stereocenters. The van der Waals surface area contributed by atoms with Gasteiger partial charge in [-0.25, -0.2) is 11.7 Å². The van der Waals surface area contributed by atoms with Gasteiger partial charge >= 0.3 is 0 Å². The summed E-state index contributed by atoms with van der Waals surface area (Å²) in [7, 11) is 0. The number of hydrogen-bond acceptors (Lipinski definition) is 7. The minimum absolute atomic E-state index is 0.220. The van der Waals surface area contributed by atoms with Crippen molar-refractivity contribution < 1.29 is 0 Å². The summed E-state index contributed by atoms with van der Waals surface area (Å²) in [5, 5.41) is 0. The predicted molar refractivity (Wildman–Crippen MR) is 42.1 cm³/mol. The molecule has 0 atom stereocenters. The molecule has 7 heteroatoms. The van der Waals surface area contributed by atoms with Crippen LogP contribution in [-0.4, -0.2) is 9.97 Å². The molecule has 1 aromatic heterocycles. The molecule has 1 aromatic rings. The molecule has 0 aromatic carbocycles. The fourth-order valence-electron chi connectivity index (χ4n) is 0.604. The quantitative estimate of drug-likeness (QED) is 0.263. The van der Waals surface area contributed by atoms with Crippen LogP contribution in [0.25, 0.3) is 0 Å². The molecule has 1 rings (SSSR count). The highest BCUT2D eigenvalue weighted by Gasteiger charge is 1.97. The van der Waals surface area contributed by atoms with Gasteiger partial charge in [-0.1, -0.05) is 0 Å². The van der Waals surface area contributed by atoms with Crippen molar-refractivity contribution >= 4 is 17.6 Å². The van der Waals surface area contributed by atoms with Crippen molar-refractivity contribution in [3.63, 3.8) is 0 Å². The Morgan fingerprint density at radius 2 is 1.91 bits per heavy atom. The standard InChI is InChI=1S/C4H9N7/c5-2-1-3(10-6)9-4(8-2)11-7/h1H,6-7H2,(H4,5,8,9,10,11). The number of nitrogen functional groups attached to an aromatic ring is 3. The lowest BCUT2D eigenvalue weighted by Gasteiger charge is -2.02. The Morgan fingerprint density at radius 1 is 1.18 bits per heavy atom. The largest absolute Gasteiger partial charge is 0.383 e. The zero-order chi connectivity index (χ0) is 8.27. The molecule has 0 saturated carbocycles. The first-order chi connectivity index (χ1) is 5.26. The first-order valence-electron chi connectivity index (χ1n) is 2.84. The van der Waals surface area contributed by atoms with Crippen molar-refractivity contribution in [2.24, 2.45) is 11.7 Å². The monoisotopic (exact) mass is 155 g/mol. The summed E-state index contributed by atoms with van der Waals surface area (Å²) < 4.78 is 0. The molecule has 0 radical (unpaired) electrons. The molecule has 1 heterocycles. The van der Waals surface area contributed by atoms with Crippen LogP contribution in [0.15, 0.2) is 6.07 Å². The fraction of sp³-hybridized carbons (Fsp3) is 0. The van der Waals surface area contributed by atoms with Gasteiger partial charge in [0.15, 0.2) is 0 Å². The van der Waals surface area contributed by atoms with Gasteiger partial charge in [0.25, 0.3) is 0 Å². The van der Waals surface area contributed by atoms with Gasteiger partial charge in [0.1, 0.15) is 11.6 Å². The molecule has 0 amide bonds. The third kappa shape index (κ3) is 1.66. The molecule has 8 N–H and O–H groups in total. The summed E-state index contributed by atoms with van der Waals surface area (Å²) in [6, 6.07) is 1.49. The Morgan fingerprint density at radius 3 is 2.45 bits per heavy atom. The van der Waals surface area contributed by atoms with Gasteiger partial charge in [0.2, 0.25) is 5.95 Å². The van der Waals surface area contributed by atoms with Crippen LogP contribution in [0.3, 0.4) is 0 Å². The van der Waals surface area contributed by atoms with Crippen molar-refractivity contribution in [1.29, 1.82) is 0 Å². The number of aromatic nitrogens is 2. The summed E-state index contributed by atoms with van der Waals surface area (Å²) in [5.41, 5.74) is 9.93. The number of nitrogens with two attached hydrogens (primary N) is 3. The van der Waals surface area contributed by atoms with E-state index in [2.05, 4.69) is 20.8 Å². The van der Waals surface area contributed by atoms with E-state index in [0.717, 1.165) is 0 Å². The van der Waals surface area contributed by atoms with Gasteiger partial charge in [-0.05, 0) is 0 Å². The Hall–Kier alpha value is -1.60. The van der Waals surface area contributed by atoms with Gasteiger partial charge in [0.05, 0.1) is 0 Å². The topological polar surface area (TPSA) is 128 Å². The highest BCUT2D eigenvalue weighted by atomic mass is 15.3. The molecule has 7 nitrogen and oxygen atoms in total. The molecular formula is C4H9N7. The maximum absolute atomic E-state index is 5.37. The van der Waals surface area contributed by atoms with Gasteiger partial charge < -0.3 is 11.2 Å². The van der Waals surface area contributed by atoms with E-state index in [1.807, 2.05) is 0 Å². The number of hydrazine groups is 2. The average Bonchev–Trinajstić information content (AvgIpc) is 2.03. The fourth-order valence-corrected chi connectivity index (χ4v) is 0.604. The number of nitrogens with zero attached hydrogens (tertiary/aromatic N) is 2. The van der Waals surface area contributed by atoms with E-state index in [9.17, 15) is 0 Å². The summed E-state index contributed by atoms with van der Waals surface area (Å²) >= 11 is 0. The second kappa shape index (κ2) is 2.99. The molecule has 11 heavy (non-hydrogen) atoms. The second-order valence-corrected chi connectivity index (χ2v) is 1.79. The third-order valence-electron chi connectivity index (χ3n) is 1.02. The van der Waals surface area contributed by atoms with Crippen LogP contribution in [0, 0.1) is 0 Å². The van der Waals surface area contributed by atoms with E-state index in [1.165, 1.54) is 6.07 Å². The van der Waals surface area contributed by atoms with E-state index in [0.29, 0.717) is 11.6 Å². The number of hydrogen-bond donors (Lipinski definition) is 5. The van der Waals surface area contributed by atoms with E-state index >= 15 is 0 Å². The van der Waals surface area contributed by atoms with Crippen LogP contribution < -0.4 is 28.3 Å². The lowest BCUT2D eigenvalue weighted by molar-refractivity contribution is 1.11. The lowest BCUT2D eigenvalue weighted by Crippen LogP contribution is -2.15. The zero-order valence-electron chi connectivity index (χ0n) is 5.70. The maximum atomic E-state index is 5.37. The third-order valence-corrected chi connectivity index (χ3v) is 1.02. The summed E-state index contributed by atoms with van der Waals surface area (Å²) in [6.07, 6.45) is 0. The number of anilines is 3. The summed E-state index contributed by atoms with van der Waals surface area (Å²) in [6.45, 7) is 0. The highest BCUT2D eigenvalue weighted by Crippen LogP contribution is 2.08. The first-order valence-corrected chi connectivity index (χ1v) is 2.84. The number of rotatable bonds is 2. The molecule has 0 fully saturated rings. The summed E-state index contributed by atoms with van der Waals surface area (Å²) in [5.74, 6) is 11.0. The van der Waals surface area contributed by atoms with Crippen molar-refractivity contribution in [3.05, 3.63) is 6.07 Å². The smallest absolute Gasteiger partial charge is 0.241 e. The number of nitrogens with one attached hydrogen (secondary N) is 2. The Labute approximate surface area is 62.9 Å². The van der Waals surface area contributed by atoms with Gasteiger partial charge in [-0.15, -0.1) is 0 Å². The molecule has 0 aliphatic carbocycles. The molecule has 0 bridgehead atoms. The minimum Gasteiger partial charge on any atom is -0.383 e. The normalized spacial score (nSPS) is 9.27. The molecule has 0 aliphatic heterocycles. The molecule has 60 valence electrons. The Kier molecular flexibility index (Phi) is 2.04. The lowest BCUT2D eigenvalue weighted by atomic mass is 10.5. The highest BCUT2D eigenvalue weighted by molar-refractivity contribution is 5.48. The predicted octanol–water partition coefficient (Wildman–Crippen LogP) is -1.37. The van der Waals surface area contributed by atoms with Gasteiger partial charge in [0, 0.05) is 6.07 Å². The van der Waals surface area contributed by atoms with E-state index < -0.39 is 0 Å². The molecular weight excluding hydrogens is 146 g/mol. The van der Waals surface area contributed by atoms with Crippen LogP contribution in [0.5, 0.6) is 0 Å². The van der Waals surface area contributed by atoms with E-state index in [4.69, 9.17) is 17.4 Å². The first kappa shape index (κ1) is 7.51. The van der Waals surface area contributed by atoms with E-state index in [-0.39, 0.29) is 5.95 Å². The van der Waals surface area contributed by atoms with Gasteiger partial charge in [-0.3, -0.25) is 5.43 Å². The van der Waals surface area contributed by atoms with Crippen molar-refractivity contribution in [3.8, 4) is 0 Å². The molecule has 0 saturated heterocycles. The Balaban J connectivity index is 3.02. The van der Waals surface area contributed by atoms with Crippen molar-refractivity contribution in [2.75, 3.05) is 16.6 Å². The molecule has 0 spiro atoms. The van der Waals surface area contributed by atoms with Crippen molar-refractivity contribution in [1.82, 2.24) is 9.97 Å². The second-order valence-electron chi connectivity index (χ2n) is 1.79. The van der Waals surface area contributed by atoms with Gasteiger partial charge in [-0.2, -0.15) is 9.97 Å². The zero-order valence-corrected chi connectivity index (χ0v) is 5.70. The summed E-state index contributed by atoms with van der Waals surface area (Å²) in [4.78, 5) is 7.54. The molecule has 0 aliphatic rings. The van der Waals surface area contributed by atoms with Crippen LogP contribution in [0.1, 0.15) is 0 Å². The van der Waals surface area contributed by atoms with Crippen LogP contribution >= 0.6 is 0 Å². The van der Waals surface area contributed by atoms with Crippen LogP contribution in [0.4, 0.5) is 17.6 Å². The minimum atomic E-state index is 0.220. The SMILES string of the molecule is NNc1cc(N)nc(NN)n1. The van der Waals surface area contributed by atoms with Crippen LogP contribution in [0.2, 0.25) is 0 Å². The Bertz CT molecular complexity index is 224. The van der Waals surface area contributed by atoms with Crippen molar-refractivity contribution in [2.45, 2.75) is 0 Å². The van der Waals surface area contributed by atoms with Crippen LogP contribution in [-0.2, 0) is 0 Å².